The zero-order chi connectivity index (χ0) is 13.2. The molecule has 0 radical (unpaired) electrons. The molecule has 0 saturated heterocycles. The van der Waals surface area contributed by atoms with Gasteiger partial charge in [0.1, 0.15) is 0 Å². The van der Waals surface area contributed by atoms with Crippen LogP contribution in [0.15, 0.2) is 34.6 Å². The molecule has 0 fully saturated rings. The molecule has 0 aliphatic rings. The van der Waals surface area contributed by atoms with Crippen LogP contribution in [0.25, 0.3) is 5.65 Å². The Labute approximate surface area is 118 Å². The van der Waals surface area contributed by atoms with Crippen LogP contribution in [0.4, 0.5) is 0 Å². The Balaban J connectivity index is 1.82. The van der Waals surface area contributed by atoms with Gasteiger partial charge in [-0.05, 0) is 12.1 Å². The van der Waals surface area contributed by atoms with Crippen LogP contribution in [-0.4, -0.2) is 19.2 Å². The van der Waals surface area contributed by atoms with Crippen LogP contribution in [0.3, 0.4) is 0 Å². The van der Waals surface area contributed by atoms with E-state index in [9.17, 15) is 4.79 Å². The first-order valence-electron chi connectivity index (χ1n) is 5.81. The minimum atomic E-state index is -0.121. The minimum Gasteiger partial charge on any atom is -0.250 e. The lowest BCUT2D eigenvalue weighted by Gasteiger charge is -1.95. The fraction of sp³-hybridized carbons (Fsp3) is 0.250. The number of nitrogens with zero attached hydrogens (tertiary/aromatic N) is 4. The van der Waals surface area contributed by atoms with E-state index in [1.54, 1.807) is 17.5 Å². The largest absolute Gasteiger partial charge is 0.350 e. The summed E-state index contributed by atoms with van der Waals surface area (Å²) in [7, 11) is 0. The Morgan fingerprint density at radius 2 is 2.26 bits per heavy atom. The van der Waals surface area contributed by atoms with Crippen LogP contribution < -0.4 is 5.69 Å². The van der Waals surface area contributed by atoms with Crippen molar-refractivity contribution in [3.8, 4) is 0 Å². The molecule has 3 aromatic rings. The third kappa shape index (κ3) is 2.41. The second kappa shape index (κ2) is 5.14. The van der Waals surface area contributed by atoms with Crippen molar-refractivity contribution in [1.29, 1.82) is 0 Å². The molecule has 0 aliphatic heterocycles. The molecule has 0 aliphatic carbocycles. The molecule has 19 heavy (non-hydrogen) atoms. The smallest absolute Gasteiger partial charge is 0.250 e. The van der Waals surface area contributed by atoms with Crippen molar-refractivity contribution in [2.24, 2.45) is 0 Å². The maximum Gasteiger partial charge on any atom is 0.350 e. The van der Waals surface area contributed by atoms with E-state index in [0.29, 0.717) is 24.5 Å². The maximum absolute atomic E-state index is 12.0. The third-order valence-corrected chi connectivity index (χ3v) is 3.99. The fourth-order valence-electron chi connectivity index (χ4n) is 1.84. The molecule has 0 bridgehead atoms. The van der Waals surface area contributed by atoms with Gasteiger partial charge in [-0.15, -0.1) is 28.0 Å². The molecular formula is C12H11ClN4OS. The van der Waals surface area contributed by atoms with Gasteiger partial charge in [0.15, 0.2) is 5.65 Å². The number of thiazole rings is 1. The van der Waals surface area contributed by atoms with Crippen LogP contribution in [0.2, 0.25) is 0 Å². The molecule has 0 N–H and O–H groups in total. The Kier molecular flexibility index (Phi) is 3.35. The summed E-state index contributed by atoms with van der Waals surface area (Å²) in [6, 6.07) is 5.49. The first-order valence-corrected chi connectivity index (χ1v) is 7.23. The lowest BCUT2D eigenvalue weighted by molar-refractivity contribution is 0.591. The second-order valence-electron chi connectivity index (χ2n) is 4.05. The van der Waals surface area contributed by atoms with Gasteiger partial charge in [0.05, 0.1) is 23.1 Å². The molecule has 0 aromatic carbocycles. The Hall–Kier alpha value is -1.66. The van der Waals surface area contributed by atoms with E-state index < -0.39 is 0 Å². The van der Waals surface area contributed by atoms with E-state index in [-0.39, 0.29) is 5.69 Å². The Bertz CT molecular complexity index is 760. The normalized spacial score (nSPS) is 11.2. The number of halogens is 1. The molecule has 0 spiro atoms. The molecule has 0 saturated carbocycles. The van der Waals surface area contributed by atoms with Crippen molar-refractivity contribution in [2.75, 3.05) is 0 Å². The van der Waals surface area contributed by atoms with Crippen LogP contribution in [-0.2, 0) is 18.8 Å². The third-order valence-electron chi connectivity index (χ3n) is 2.76. The SMILES string of the molecule is O=c1n(CCc2nc(CCl)cs2)nc2ccccn12. The molecule has 7 heteroatoms. The van der Waals surface area contributed by atoms with Crippen molar-refractivity contribution in [2.45, 2.75) is 18.8 Å². The van der Waals surface area contributed by atoms with Crippen molar-refractivity contribution >= 4 is 28.6 Å². The van der Waals surface area contributed by atoms with Crippen LogP contribution >= 0.6 is 22.9 Å². The first-order chi connectivity index (χ1) is 9.28. The molecule has 0 atom stereocenters. The molecule has 3 aromatic heterocycles. The van der Waals surface area contributed by atoms with Crippen molar-refractivity contribution < 1.29 is 0 Å². The average molecular weight is 295 g/mol. The number of rotatable bonds is 4. The van der Waals surface area contributed by atoms with E-state index in [4.69, 9.17) is 11.6 Å². The molecule has 3 rings (SSSR count). The zero-order valence-corrected chi connectivity index (χ0v) is 11.6. The van der Waals surface area contributed by atoms with Gasteiger partial charge in [0.25, 0.3) is 0 Å². The lowest BCUT2D eigenvalue weighted by atomic mass is 10.4. The highest BCUT2D eigenvalue weighted by Crippen LogP contribution is 2.12. The van der Waals surface area contributed by atoms with E-state index in [0.717, 1.165) is 10.7 Å². The van der Waals surface area contributed by atoms with E-state index in [2.05, 4.69) is 10.1 Å². The lowest BCUT2D eigenvalue weighted by Crippen LogP contribution is -2.21. The van der Waals surface area contributed by atoms with Gasteiger partial charge in [0.2, 0.25) is 0 Å². The van der Waals surface area contributed by atoms with Gasteiger partial charge in [-0.3, -0.25) is 4.40 Å². The molecule has 0 amide bonds. The minimum absolute atomic E-state index is 0.121. The predicted octanol–water partition coefficient (Wildman–Crippen LogP) is 1.93. The molecule has 3 heterocycles. The summed E-state index contributed by atoms with van der Waals surface area (Å²) in [6.07, 6.45) is 2.40. The standard InChI is InChI=1S/C12H11ClN4OS/c13-7-9-8-19-11(14-9)4-6-17-12(18)16-5-2-1-3-10(16)15-17/h1-3,5,8H,4,6-7H2. The van der Waals surface area contributed by atoms with Gasteiger partial charge in [-0.25, -0.2) is 14.5 Å². The first kappa shape index (κ1) is 12.4. The Morgan fingerprint density at radius 1 is 1.37 bits per heavy atom. The fourth-order valence-corrected chi connectivity index (χ4v) is 2.86. The topological polar surface area (TPSA) is 52.2 Å². The van der Waals surface area contributed by atoms with Crippen molar-refractivity contribution in [3.63, 3.8) is 0 Å². The summed E-state index contributed by atoms with van der Waals surface area (Å²) < 4.78 is 3.00. The van der Waals surface area contributed by atoms with Gasteiger partial charge in [-0.2, -0.15) is 0 Å². The number of pyridine rings is 1. The number of hydrogen-bond acceptors (Lipinski definition) is 4. The van der Waals surface area contributed by atoms with E-state index in [1.807, 2.05) is 23.6 Å². The number of fused-ring (bicyclic) bond motifs is 1. The number of aromatic nitrogens is 4. The summed E-state index contributed by atoms with van der Waals surface area (Å²) in [4.78, 5) is 16.4. The molecular weight excluding hydrogens is 284 g/mol. The second-order valence-corrected chi connectivity index (χ2v) is 5.26. The van der Waals surface area contributed by atoms with Crippen molar-refractivity contribution in [3.05, 3.63) is 51.0 Å². The quantitative estimate of drug-likeness (QED) is 0.691. The highest BCUT2D eigenvalue weighted by molar-refractivity contribution is 7.09. The maximum atomic E-state index is 12.0. The van der Waals surface area contributed by atoms with Gasteiger partial charge < -0.3 is 0 Å². The summed E-state index contributed by atoms with van der Waals surface area (Å²) in [6.45, 7) is 0.524. The zero-order valence-electron chi connectivity index (χ0n) is 9.99. The van der Waals surface area contributed by atoms with E-state index in [1.165, 1.54) is 9.08 Å². The average Bonchev–Trinajstić information content (AvgIpc) is 3.02. The Morgan fingerprint density at radius 3 is 3.00 bits per heavy atom. The summed E-state index contributed by atoms with van der Waals surface area (Å²) >= 11 is 7.27. The predicted molar refractivity (Wildman–Crippen MR) is 74.8 cm³/mol. The molecule has 98 valence electrons. The van der Waals surface area contributed by atoms with Gasteiger partial charge in [0, 0.05) is 18.0 Å². The number of aryl methyl sites for hydroxylation is 2. The summed E-state index contributed by atoms with van der Waals surface area (Å²) in [5.74, 6) is 0.421. The van der Waals surface area contributed by atoms with Crippen LogP contribution in [0.5, 0.6) is 0 Å². The highest BCUT2D eigenvalue weighted by atomic mass is 35.5. The highest BCUT2D eigenvalue weighted by Gasteiger charge is 2.07. The van der Waals surface area contributed by atoms with E-state index >= 15 is 0 Å². The van der Waals surface area contributed by atoms with Crippen LogP contribution in [0.1, 0.15) is 10.7 Å². The summed E-state index contributed by atoms with van der Waals surface area (Å²) in [5, 5.41) is 7.18. The monoisotopic (exact) mass is 294 g/mol. The van der Waals surface area contributed by atoms with Crippen LogP contribution in [0, 0.1) is 0 Å². The molecule has 5 nitrogen and oxygen atoms in total. The number of hydrogen-bond donors (Lipinski definition) is 0. The van der Waals surface area contributed by atoms with Gasteiger partial charge in [-0.1, -0.05) is 6.07 Å². The number of alkyl halides is 1. The summed E-state index contributed by atoms with van der Waals surface area (Å²) in [5.41, 5.74) is 1.42. The van der Waals surface area contributed by atoms with Crippen molar-refractivity contribution in [1.82, 2.24) is 19.2 Å². The van der Waals surface area contributed by atoms with Gasteiger partial charge >= 0.3 is 5.69 Å². The molecule has 0 unspecified atom stereocenters.